The lowest BCUT2D eigenvalue weighted by molar-refractivity contribution is 0.322. The van der Waals surface area contributed by atoms with E-state index < -0.39 is 0 Å². The molecule has 0 spiro atoms. The molecule has 0 saturated carbocycles. The van der Waals surface area contributed by atoms with E-state index in [1.54, 1.807) is 18.5 Å². The minimum atomic E-state index is 0.118. The first-order chi connectivity index (χ1) is 9.20. The molecule has 2 rings (SSSR count). The normalized spacial score (nSPS) is 10.4. The molecule has 100 valence electrons. The summed E-state index contributed by atoms with van der Waals surface area (Å²) < 4.78 is 5.73. The monoisotopic (exact) mass is 277 g/mol. The number of thioether (sulfide) groups is 1. The molecule has 6 heteroatoms. The van der Waals surface area contributed by atoms with Crippen molar-refractivity contribution < 1.29 is 9.84 Å². The second kappa shape index (κ2) is 6.40. The van der Waals surface area contributed by atoms with Crippen molar-refractivity contribution in [2.75, 3.05) is 18.1 Å². The minimum absolute atomic E-state index is 0.118. The number of pyridine rings is 2. The fourth-order valence-electron chi connectivity index (χ4n) is 1.46. The number of nitrogen functional groups attached to an aromatic ring is 1. The Morgan fingerprint density at radius 2 is 2.21 bits per heavy atom. The number of aryl methyl sites for hydroxylation is 1. The molecule has 0 saturated heterocycles. The summed E-state index contributed by atoms with van der Waals surface area (Å²) >= 11 is 1.49. The van der Waals surface area contributed by atoms with Crippen LogP contribution in [0.2, 0.25) is 0 Å². The number of anilines is 1. The Bertz CT molecular complexity index is 563. The molecule has 0 amide bonds. The zero-order chi connectivity index (χ0) is 13.7. The summed E-state index contributed by atoms with van der Waals surface area (Å²) in [6, 6.07) is 5.45. The van der Waals surface area contributed by atoms with Crippen LogP contribution < -0.4 is 10.5 Å². The van der Waals surface area contributed by atoms with E-state index in [9.17, 15) is 0 Å². The standard InChI is InChI=1S/C13H15N3O2S/c1-9-11(3-2-4-15-9)18-12-7-10(19-6-5-17)8-16-13(12)14/h2-4,7-8,17H,5-6H2,1H3,(H2,14,16). The molecule has 0 aliphatic rings. The van der Waals surface area contributed by atoms with Gasteiger partial charge in [0.1, 0.15) is 5.75 Å². The van der Waals surface area contributed by atoms with E-state index in [4.69, 9.17) is 15.6 Å². The molecule has 19 heavy (non-hydrogen) atoms. The van der Waals surface area contributed by atoms with Crippen molar-refractivity contribution in [3.8, 4) is 11.5 Å². The fourth-order valence-corrected chi connectivity index (χ4v) is 2.10. The van der Waals surface area contributed by atoms with E-state index in [1.165, 1.54) is 11.8 Å². The van der Waals surface area contributed by atoms with Crippen molar-refractivity contribution in [2.45, 2.75) is 11.8 Å². The average molecular weight is 277 g/mol. The molecule has 2 heterocycles. The summed E-state index contributed by atoms with van der Waals surface area (Å²) in [5.74, 6) is 2.09. The molecule has 0 aliphatic carbocycles. The van der Waals surface area contributed by atoms with E-state index in [-0.39, 0.29) is 6.61 Å². The molecule has 2 aromatic rings. The first-order valence-corrected chi connectivity index (χ1v) is 6.78. The van der Waals surface area contributed by atoms with Gasteiger partial charge in [0.15, 0.2) is 11.6 Å². The second-order valence-electron chi connectivity index (χ2n) is 3.82. The number of aliphatic hydroxyl groups is 1. The Morgan fingerprint density at radius 3 is 2.95 bits per heavy atom. The van der Waals surface area contributed by atoms with Gasteiger partial charge in [-0.25, -0.2) is 4.98 Å². The SMILES string of the molecule is Cc1ncccc1Oc1cc(SCCO)cnc1N. The Kier molecular flexibility index (Phi) is 4.59. The zero-order valence-corrected chi connectivity index (χ0v) is 11.4. The van der Waals surface area contributed by atoms with Gasteiger partial charge in [0, 0.05) is 23.0 Å². The van der Waals surface area contributed by atoms with Crippen LogP contribution in [0, 0.1) is 6.92 Å². The van der Waals surface area contributed by atoms with Gasteiger partial charge in [-0.2, -0.15) is 0 Å². The molecule has 2 aromatic heterocycles. The maximum absolute atomic E-state index is 8.82. The maximum atomic E-state index is 8.82. The minimum Gasteiger partial charge on any atom is -0.452 e. The maximum Gasteiger partial charge on any atom is 0.170 e. The van der Waals surface area contributed by atoms with Crippen LogP contribution in [0.15, 0.2) is 35.5 Å². The molecule has 0 atom stereocenters. The molecule has 0 unspecified atom stereocenters. The third-order valence-electron chi connectivity index (χ3n) is 2.40. The van der Waals surface area contributed by atoms with Crippen LogP contribution in [0.5, 0.6) is 11.5 Å². The van der Waals surface area contributed by atoms with Gasteiger partial charge in [-0.3, -0.25) is 4.98 Å². The van der Waals surface area contributed by atoms with E-state index in [2.05, 4.69) is 9.97 Å². The molecule has 0 fully saturated rings. The van der Waals surface area contributed by atoms with Crippen molar-refractivity contribution >= 4 is 17.6 Å². The molecule has 3 N–H and O–H groups in total. The van der Waals surface area contributed by atoms with Gasteiger partial charge >= 0.3 is 0 Å². The lowest BCUT2D eigenvalue weighted by Gasteiger charge is -2.10. The smallest absolute Gasteiger partial charge is 0.170 e. The molecule has 0 aromatic carbocycles. The van der Waals surface area contributed by atoms with Crippen LogP contribution in [0.4, 0.5) is 5.82 Å². The predicted molar refractivity (Wildman–Crippen MR) is 75.5 cm³/mol. The first-order valence-electron chi connectivity index (χ1n) is 5.79. The van der Waals surface area contributed by atoms with Crippen LogP contribution >= 0.6 is 11.8 Å². The van der Waals surface area contributed by atoms with E-state index in [1.807, 2.05) is 19.1 Å². The Balaban J connectivity index is 2.21. The lowest BCUT2D eigenvalue weighted by atomic mass is 10.3. The van der Waals surface area contributed by atoms with E-state index in [0.29, 0.717) is 23.1 Å². The molecular weight excluding hydrogens is 262 g/mol. The van der Waals surface area contributed by atoms with Crippen molar-refractivity contribution in [1.29, 1.82) is 0 Å². The number of rotatable bonds is 5. The van der Waals surface area contributed by atoms with E-state index >= 15 is 0 Å². The Hall–Kier alpha value is -1.79. The number of aliphatic hydroxyl groups excluding tert-OH is 1. The molecule has 0 aliphatic heterocycles. The first kappa shape index (κ1) is 13.6. The lowest BCUT2D eigenvalue weighted by Crippen LogP contribution is -1.97. The quantitative estimate of drug-likeness (QED) is 0.816. The highest BCUT2D eigenvalue weighted by Gasteiger charge is 2.08. The Labute approximate surface area is 115 Å². The Morgan fingerprint density at radius 1 is 1.37 bits per heavy atom. The summed E-state index contributed by atoms with van der Waals surface area (Å²) in [7, 11) is 0. The van der Waals surface area contributed by atoms with Gasteiger partial charge < -0.3 is 15.6 Å². The summed E-state index contributed by atoms with van der Waals surface area (Å²) in [5.41, 5.74) is 6.59. The van der Waals surface area contributed by atoms with Crippen molar-refractivity contribution in [3.05, 3.63) is 36.3 Å². The highest BCUT2D eigenvalue weighted by molar-refractivity contribution is 7.99. The van der Waals surface area contributed by atoms with Crippen LogP contribution in [0.1, 0.15) is 5.69 Å². The molecule has 0 radical (unpaired) electrons. The van der Waals surface area contributed by atoms with Gasteiger partial charge in [0.25, 0.3) is 0 Å². The van der Waals surface area contributed by atoms with Crippen molar-refractivity contribution in [2.24, 2.45) is 0 Å². The second-order valence-corrected chi connectivity index (χ2v) is 4.98. The van der Waals surface area contributed by atoms with Crippen LogP contribution in [-0.2, 0) is 0 Å². The predicted octanol–water partition coefficient (Wildman–Crippen LogP) is 2.24. The van der Waals surface area contributed by atoms with Gasteiger partial charge in [0.2, 0.25) is 0 Å². The number of nitrogens with two attached hydrogens (primary N) is 1. The summed E-state index contributed by atoms with van der Waals surface area (Å²) in [4.78, 5) is 9.14. The van der Waals surface area contributed by atoms with Crippen LogP contribution in [0.25, 0.3) is 0 Å². The number of nitrogens with zero attached hydrogens (tertiary/aromatic N) is 2. The summed E-state index contributed by atoms with van der Waals surface area (Å²) in [6.45, 7) is 1.98. The summed E-state index contributed by atoms with van der Waals surface area (Å²) in [6.07, 6.45) is 3.37. The number of hydrogen-bond acceptors (Lipinski definition) is 6. The molecule has 0 bridgehead atoms. The van der Waals surface area contributed by atoms with Gasteiger partial charge in [-0.1, -0.05) is 0 Å². The molecule has 5 nitrogen and oxygen atoms in total. The largest absolute Gasteiger partial charge is 0.452 e. The van der Waals surface area contributed by atoms with E-state index in [0.717, 1.165) is 10.6 Å². The highest BCUT2D eigenvalue weighted by atomic mass is 32.2. The third-order valence-corrected chi connectivity index (χ3v) is 3.34. The number of hydrogen-bond donors (Lipinski definition) is 2. The third kappa shape index (κ3) is 3.59. The highest BCUT2D eigenvalue weighted by Crippen LogP contribution is 2.31. The molecular formula is C13H15N3O2S. The number of ether oxygens (including phenoxy) is 1. The van der Waals surface area contributed by atoms with Gasteiger partial charge in [0.05, 0.1) is 12.3 Å². The number of aromatic nitrogens is 2. The van der Waals surface area contributed by atoms with Crippen molar-refractivity contribution in [3.63, 3.8) is 0 Å². The van der Waals surface area contributed by atoms with Gasteiger partial charge in [-0.15, -0.1) is 11.8 Å². The van der Waals surface area contributed by atoms with Gasteiger partial charge in [-0.05, 0) is 25.1 Å². The van der Waals surface area contributed by atoms with Crippen LogP contribution in [0.3, 0.4) is 0 Å². The summed E-state index contributed by atoms with van der Waals surface area (Å²) in [5, 5.41) is 8.82. The van der Waals surface area contributed by atoms with Crippen molar-refractivity contribution in [1.82, 2.24) is 9.97 Å². The fraction of sp³-hybridized carbons (Fsp3) is 0.231. The average Bonchev–Trinajstić information content (AvgIpc) is 2.42. The topological polar surface area (TPSA) is 81.3 Å². The van der Waals surface area contributed by atoms with Crippen LogP contribution in [-0.4, -0.2) is 27.4 Å². The zero-order valence-electron chi connectivity index (χ0n) is 10.5.